The van der Waals surface area contributed by atoms with Gasteiger partial charge >= 0.3 is 0 Å². The van der Waals surface area contributed by atoms with E-state index in [1.54, 1.807) is 12.3 Å². The highest BCUT2D eigenvalue weighted by Gasteiger charge is 2.10. The molecule has 1 heterocycles. The number of hydrogen-bond acceptors (Lipinski definition) is 3. The third-order valence-electron chi connectivity index (χ3n) is 4.06. The van der Waals surface area contributed by atoms with Crippen molar-refractivity contribution in [2.75, 3.05) is 10.6 Å². The van der Waals surface area contributed by atoms with Crippen LogP contribution in [0, 0.1) is 13.8 Å². The van der Waals surface area contributed by atoms with E-state index in [9.17, 15) is 4.79 Å². The van der Waals surface area contributed by atoms with Crippen LogP contribution in [0.1, 0.15) is 27.2 Å². The Morgan fingerprint density at radius 2 is 1.64 bits per heavy atom. The second-order valence-corrected chi connectivity index (χ2v) is 5.99. The smallest absolute Gasteiger partial charge is 0.274 e. The lowest BCUT2D eigenvalue weighted by molar-refractivity contribution is 0.102. The summed E-state index contributed by atoms with van der Waals surface area (Å²) in [5, 5.41) is 6.25. The fourth-order valence-electron chi connectivity index (χ4n) is 2.62. The van der Waals surface area contributed by atoms with Gasteiger partial charge in [-0.05, 0) is 42.7 Å². The summed E-state index contributed by atoms with van der Waals surface area (Å²) in [5.41, 5.74) is 5.39. The van der Waals surface area contributed by atoms with Gasteiger partial charge in [0.25, 0.3) is 5.91 Å². The standard InChI is InChI=1S/C21H21N3O/c1-15-7-6-8-16(2)20(15)24-21(25)19-12-11-18(14-23-19)22-13-17-9-4-3-5-10-17/h3-12,14,22H,13H2,1-2H3,(H,24,25). The lowest BCUT2D eigenvalue weighted by Gasteiger charge is -2.11. The molecule has 4 nitrogen and oxygen atoms in total. The summed E-state index contributed by atoms with van der Waals surface area (Å²) in [5.74, 6) is -0.202. The summed E-state index contributed by atoms with van der Waals surface area (Å²) in [6, 6.07) is 19.7. The molecule has 0 saturated carbocycles. The maximum absolute atomic E-state index is 12.4. The molecule has 25 heavy (non-hydrogen) atoms. The number of nitrogens with zero attached hydrogens (tertiary/aromatic N) is 1. The second kappa shape index (κ2) is 7.62. The van der Waals surface area contributed by atoms with E-state index in [1.165, 1.54) is 5.56 Å². The van der Waals surface area contributed by atoms with Crippen molar-refractivity contribution in [1.29, 1.82) is 0 Å². The molecule has 0 spiro atoms. The predicted molar refractivity (Wildman–Crippen MR) is 102 cm³/mol. The van der Waals surface area contributed by atoms with Gasteiger partial charge in [0.2, 0.25) is 0 Å². The quantitative estimate of drug-likeness (QED) is 0.720. The topological polar surface area (TPSA) is 54.0 Å². The fourth-order valence-corrected chi connectivity index (χ4v) is 2.62. The first kappa shape index (κ1) is 16.7. The number of aromatic nitrogens is 1. The number of nitrogens with one attached hydrogen (secondary N) is 2. The number of hydrogen-bond donors (Lipinski definition) is 2. The Balaban J connectivity index is 1.64. The molecule has 4 heteroatoms. The zero-order valence-electron chi connectivity index (χ0n) is 14.4. The number of benzene rings is 2. The maximum atomic E-state index is 12.4. The molecular weight excluding hydrogens is 310 g/mol. The Bertz CT molecular complexity index is 838. The minimum atomic E-state index is -0.202. The highest BCUT2D eigenvalue weighted by Crippen LogP contribution is 2.20. The summed E-state index contributed by atoms with van der Waals surface area (Å²) >= 11 is 0. The molecular formula is C21H21N3O. The van der Waals surface area contributed by atoms with Crippen LogP contribution in [-0.2, 0) is 6.54 Å². The zero-order chi connectivity index (χ0) is 17.6. The van der Waals surface area contributed by atoms with Gasteiger partial charge in [-0.3, -0.25) is 4.79 Å². The molecule has 0 bridgehead atoms. The lowest BCUT2D eigenvalue weighted by Crippen LogP contribution is -2.15. The van der Waals surface area contributed by atoms with E-state index in [0.29, 0.717) is 5.69 Å². The Kier molecular flexibility index (Phi) is 5.09. The van der Waals surface area contributed by atoms with Gasteiger partial charge < -0.3 is 10.6 Å². The molecule has 0 saturated heterocycles. The van der Waals surface area contributed by atoms with Gasteiger partial charge in [0, 0.05) is 12.2 Å². The molecule has 2 N–H and O–H groups in total. The molecule has 1 amide bonds. The monoisotopic (exact) mass is 331 g/mol. The lowest BCUT2D eigenvalue weighted by atomic mass is 10.1. The van der Waals surface area contributed by atoms with E-state index in [2.05, 4.69) is 27.8 Å². The summed E-state index contributed by atoms with van der Waals surface area (Å²) in [7, 11) is 0. The van der Waals surface area contributed by atoms with Crippen molar-refractivity contribution in [2.45, 2.75) is 20.4 Å². The highest BCUT2D eigenvalue weighted by atomic mass is 16.1. The number of para-hydroxylation sites is 1. The second-order valence-electron chi connectivity index (χ2n) is 5.99. The Labute approximate surface area is 147 Å². The fraction of sp³-hybridized carbons (Fsp3) is 0.143. The summed E-state index contributed by atoms with van der Waals surface area (Å²) < 4.78 is 0. The normalized spacial score (nSPS) is 10.3. The molecule has 0 radical (unpaired) electrons. The third kappa shape index (κ3) is 4.23. The van der Waals surface area contributed by atoms with Crippen LogP contribution in [0.25, 0.3) is 0 Å². The van der Waals surface area contributed by atoms with Crippen molar-refractivity contribution in [3.63, 3.8) is 0 Å². The molecule has 2 aromatic carbocycles. The van der Waals surface area contributed by atoms with Crippen molar-refractivity contribution in [3.05, 3.63) is 89.2 Å². The van der Waals surface area contributed by atoms with Crippen molar-refractivity contribution < 1.29 is 4.79 Å². The first-order valence-electron chi connectivity index (χ1n) is 8.25. The number of anilines is 2. The molecule has 0 aliphatic carbocycles. The third-order valence-corrected chi connectivity index (χ3v) is 4.06. The van der Waals surface area contributed by atoms with Crippen LogP contribution < -0.4 is 10.6 Å². The van der Waals surface area contributed by atoms with E-state index >= 15 is 0 Å². The minimum Gasteiger partial charge on any atom is -0.380 e. The average Bonchev–Trinajstić information content (AvgIpc) is 2.64. The van der Waals surface area contributed by atoms with Crippen molar-refractivity contribution in [2.24, 2.45) is 0 Å². The predicted octanol–water partition coefficient (Wildman–Crippen LogP) is 4.56. The first-order valence-corrected chi connectivity index (χ1v) is 8.25. The summed E-state index contributed by atoms with van der Waals surface area (Å²) in [6.45, 7) is 4.68. The largest absolute Gasteiger partial charge is 0.380 e. The molecule has 0 aliphatic rings. The average molecular weight is 331 g/mol. The van der Waals surface area contributed by atoms with E-state index in [0.717, 1.165) is 29.0 Å². The summed E-state index contributed by atoms with van der Waals surface area (Å²) in [4.78, 5) is 16.7. The van der Waals surface area contributed by atoms with E-state index in [4.69, 9.17) is 0 Å². The van der Waals surface area contributed by atoms with Crippen LogP contribution in [0.4, 0.5) is 11.4 Å². The van der Waals surface area contributed by atoms with Crippen molar-refractivity contribution in [3.8, 4) is 0 Å². The molecule has 126 valence electrons. The minimum absolute atomic E-state index is 0.202. The molecule has 3 aromatic rings. The van der Waals surface area contributed by atoms with E-state index < -0.39 is 0 Å². The van der Waals surface area contributed by atoms with Crippen LogP contribution in [0.3, 0.4) is 0 Å². The molecule has 1 aromatic heterocycles. The first-order chi connectivity index (χ1) is 12.1. The van der Waals surface area contributed by atoms with Gasteiger partial charge in [-0.15, -0.1) is 0 Å². The SMILES string of the molecule is Cc1cccc(C)c1NC(=O)c1ccc(NCc2ccccc2)cn1. The summed E-state index contributed by atoms with van der Waals surface area (Å²) in [6.07, 6.45) is 1.68. The van der Waals surface area contributed by atoms with E-state index in [1.807, 2.05) is 56.3 Å². The molecule has 0 fully saturated rings. The van der Waals surface area contributed by atoms with Crippen LogP contribution in [0.2, 0.25) is 0 Å². The molecule has 0 atom stereocenters. The Hall–Kier alpha value is -3.14. The van der Waals surface area contributed by atoms with Gasteiger partial charge in [0.15, 0.2) is 0 Å². The molecule has 0 unspecified atom stereocenters. The van der Waals surface area contributed by atoms with Crippen LogP contribution >= 0.6 is 0 Å². The number of carbonyl (C=O) groups is 1. The number of aryl methyl sites for hydroxylation is 2. The van der Waals surface area contributed by atoms with Gasteiger partial charge in [-0.25, -0.2) is 4.98 Å². The van der Waals surface area contributed by atoms with Gasteiger partial charge in [-0.2, -0.15) is 0 Å². The number of amides is 1. The van der Waals surface area contributed by atoms with Crippen molar-refractivity contribution >= 4 is 17.3 Å². The van der Waals surface area contributed by atoms with Crippen molar-refractivity contribution in [1.82, 2.24) is 4.98 Å². The number of carbonyl (C=O) groups excluding carboxylic acids is 1. The molecule has 0 aliphatic heterocycles. The van der Waals surface area contributed by atoms with Crippen LogP contribution in [-0.4, -0.2) is 10.9 Å². The van der Waals surface area contributed by atoms with Gasteiger partial charge in [-0.1, -0.05) is 48.5 Å². The number of rotatable bonds is 5. The zero-order valence-corrected chi connectivity index (χ0v) is 14.4. The molecule has 3 rings (SSSR count). The van der Waals surface area contributed by atoms with E-state index in [-0.39, 0.29) is 5.91 Å². The Morgan fingerprint density at radius 3 is 2.28 bits per heavy atom. The van der Waals surface area contributed by atoms with Crippen LogP contribution in [0.15, 0.2) is 66.9 Å². The number of pyridine rings is 1. The highest BCUT2D eigenvalue weighted by molar-refractivity contribution is 6.03. The van der Waals surface area contributed by atoms with Gasteiger partial charge in [0.05, 0.1) is 11.9 Å². The maximum Gasteiger partial charge on any atom is 0.274 e. The van der Waals surface area contributed by atoms with Crippen LogP contribution in [0.5, 0.6) is 0 Å². The Morgan fingerprint density at radius 1 is 0.920 bits per heavy atom. The van der Waals surface area contributed by atoms with Gasteiger partial charge in [0.1, 0.15) is 5.69 Å².